The van der Waals surface area contributed by atoms with E-state index in [-0.39, 0.29) is 11.9 Å². The molecule has 7 nitrogen and oxygen atoms in total. The van der Waals surface area contributed by atoms with Gasteiger partial charge in [-0.2, -0.15) is 0 Å². The Labute approximate surface area is 182 Å². The SMILES string of the molecule is CCOc1ccc(CC(=O)N2CCCC2c2nc(C)ncc2-c2onc(C)c2C)cc1. The Morgan fingerprint density at radius 2 is 2.00 bits per heavy atom. The van der Waals surface area contributed by atoms with Crippen LogP contribution < -0.4 is 4.74 Å². The first-order valence-electron chi connectivity index (χ1n) is 10.8. The molecule has 4 rings (SSSR count). The molecular weight excluding hydrogens is 392 g/mol. The van der Waals surface area contributed by atoms with Gasteiger partial charge < -0.3 is 14.2 Å². The minimum absolute atomic E-state index is 0.0966. The van der Waals surface area contributed by atoms with Gasteiger partial charge in [0.15, 0.2) is 5.76 Å². The zero-order valence-electron chi connectivity index (χ0n) is 18.5. The lowest BCUT2D eigenvalue weighted by atomic mass is 10.0. The fraction of sp³-hybridized carbons (Fsp3) is 0.417. The summed E-state index contributed by atoms with van der Waals surface area (Å²) in [6.07, 6.45) is 3.95. The van der Waals surface area contributed by atoms with E-state index in [4.69, 9.17) is 14.2 Å². The van der Waals surface area contributed by atoms with Gasteiger partial charge in [0.2, 0.25) is 5.91 Å². The third-order valence-electron chi connectivity index (χ3n) is 5.82. The molecule has 162 valence electrons. The van der Waals surface area contributed by atoms with Crippen molar-refractivity contribution in [1.29, 1.82) is 0 Å². The van der Waals surface area contributed by atoms with Gasteiger partial charge in [0.25, 0.3) is 0 Å². The smallest absolute Gasteiger partial charge is 0.227 e. The lowest BCUT2D eigenvalue weighted by molar-refractivity contribution is -0.131. The molecule has 1 aromatic carbocycles. The van der Waals surface area contributed by atoms with Crippen LogP contribution in [0.25, 0.3) is 11.3 Å². The van der Waals surface area contributed by atoms with Gasteiger partial charge in [-0.15, -0.1) is 0 Å². The maximum absolute atomic E-state index is 13.2. The summed E-state index contributed by atoms with van der Waals surface area (Å²) in [5.41, 5.74) is 4.44. The van der Waals surface area contributed by atoms with Crippen LogP contribution in [0.15, 0.2) is 35.0 Å². The third-order valence-corrected chi connectivity index (χ3v) is 5.82. The molecule has 1 fully saturated rings. The van der Waals surface area contributed by atoms with Crippen molar-refractivity contribution in [2.24, 2.45) is 0 Å². The first kappa shape index (κ1) is 21.0. The van der Waals surface area contributed by atoms with Crippen LogP contribution in [0.4, 0.5) is 0 Å². The number of ether oxygens (including phenoxy) is 1. The van der Waals surface area contributed by atoms with E-state index in [1.165, 1.54) is 0 Å². The number of benzene rings is 1. The van der Waals surface area contributed by atoms with Crippen molar-refractivity contribution < 1.29 is 14.1 Å². The summed E-state index contributed by atoms with van der Waals surface area (Å²) >= 11 is 0. The molecule has 0 aliphatic carbocycles. The van der Waals surface area contributed by atoms with Crippen LogP contribution in [0.5, 0.6) is 5.75 Å². The Kier molecular flexibility index (Phi) is 6.02. The molecular formula is C24H28N4O3. The van der Waals surface area contributed by atoms with Crippen LogP contribution in [-0.4, -0.2) is 39.1 Å². The summed E-state index contributed by atoms with van der Waals surface area (Å²) in [7, 11) is 0. The molecule has 2 aromatic heterocycles. The molecule has 3 aromatic rings. The van der Waals surface area contributed by atoms with Gasteiger partial charge in [-0.1, -0.05) is 17.3 Å². The molecule has 31 heavy (non-hydrogen) atoms. The number of carbonyl (C=O) groups excluding carboxylic acids is 1. The average Bonchev–Trinajstić information content (AvgIpc) is 3.37. The second-order valence-electron chi connectivity index (χ2n) is 7.94. The van der Waals surface area contributed by atoms with E-state index >= 15 is 0 Å². The standard InChI is InChI=1S/C24H28N4O3/c1-5-30-19-10-8-18(9-11-19)13-22(29)28-12-6-7-21(28)23-20(14-25-17(4)26-23)24-15(2)16(3)27-31-24/h8-11,14,21H,5-7,12-13H2,1-4H3. The highest BCUT2D eigenvalue weighted by molar-refractivity contribution is 5.80. The van der Waals surface area contributed by atoms with Crippen molar-refractivity contribution in [2.45, 2.75) is 53.0 Å². The van der Waals surface area contributed by atoms with Crippen molar-refractivity contribution in [1.82, 2.24) is 20.0 Å². The van der Waals surface area contributed by atoms with E-state index in [0.29, 0.717) is 24.6 Å². The van der Waals surface area contributed by atoms with Crippen LogP contribution >= 0.6 is 0 Å². The van der Waals surface area contributed by atoms with Crippen molar-refractivity contribution in [3.63, 3.8) is 0 Å². The van der Waals surface area contributed by atoms with Gasteiger partial charge in [-0.25, -0.2) is 9.97 Å². The molecule has 1 atom stereocenters. The predicted octanol–water partition coefficient (Wildman–Crippen LogP) is 4.36. The minimum atomic E-state index is -0.100. The Balaban J connectivity index is 1.60. The summed E-state index contributed by atoms with van der Waals surface area (Å²) in [4.78, 5) is 24.3. The maximum Gasteiger partial charge on any atom is 0.227 e. The zero-order chi connectivity index (χ0) is 22.0. The summed E-state index contributed by atoms with van der Waals surface area (Å²) in [5.74, 6) is 2.27. The normalized spacial score (nSPS) is 16.0. The predicted molar refractivity (Wildman–Crippen MR) is 117 cm³/mol. The van der Waals surface area contributed by atoms with Crippen molar-refractivity contribution >= 4 is 5.91 Å². The van der Waals surface area contributed by atoms with E-state index in [9.17, 15) is 4.79 Å². The molecule has 0 spiro atoms. The Bertz CT molecular complexity index is 1070. The number of nitrogens with zero attached hydrogens (tertiary/aromatic N) is 4. The van der Waals surface area contributed by atoms with Gasteiger partial charge >= 0.3 is 0 Å². The van der Waals surface area contributed by atoms with E-state index in [1.807, 2.05) is 56.9 Å². The third kappa shape index (κ3) is 4.31. The molecule has 0 bridgehead atoms. The summed E-state index contributed by atoms with van der Waals surface area (Å²) < 4.78 is 11.1. The Hall–Kier alpha value is -3.22. The number of hydrogen-bond donors (Lipinski definition) is 0. The molecule has 1 aliphatic rings. The molecule has 0 radical (unpaired) electrons. The maximum atomic E-state index is 13.2. The van der Waals surface area contributed by atoms with Crippen LogP contribution in [0, 0.1) is 20.8 Å². The molecule has 3 heterocycles. The minimum Gasteiger partial charge on any atom is -0.494 e. The summed E-state index contributed by atoms with van der Waals surface area (Å²) in [5, 5.41) is 4.09. The van der Waals surface area contributed by atoms with Gasteiger partial charge in [-0.3, -0.25) is 4.79 Å². The first-order valence-corrected chi connectivity index (χ1v) is 10.8. The molecule has 1 unspecified atom stereocenters. The molecule has 7 heteroatoms. The highest BCUT2D eigenvalue weighted by atomic mass is 16.5. The van der Waals surface area contributed by atoms with Crippen molar-refractivity contribution in [3.8, 4) is 17.1 Å². The van der Waals surface area contributed by atoms with Crippen LogP contribution in [0.1, 0.15) is 54.1 Å². The highest BCUT2D eigenvalue weighted by Crippen LogP contribution is 2.38. The lowest BCUT2D eigenvalue weighted by Gasteiger charge is -2.26. The number of rotatable bonds is 6. The quantitative estimate of drug-likeness (QED) is 0.589. The van der Waals surface area contributed by atoms with Gasteiger partial charge in [0.05, 0.1) is 36.0 Å². The number of amides is 1. The monoisotopic (exact) mass is 420 g/mol. The Morgan fingerprint density at radius 3 is 2.68 bits per heavy atom. The number of likely N-dealkylation sites (tertiary alicyclic amines) is 1. The van der Waals surface area contributed by atoms with E-state index in [0.717, 1.165) is 53.2 Å². The fourth-order valence-corrected chi connectivity index (χ4v) is 4.08. The second kappa shape index (κ2) is 8.88. The highest BCUT2D eigenvalue weighted by Gasteiger charge is 2.34. The largest absolute Gasteiger partial charge is 0.494 e. The van der Waals surface area contributed by atoms with Crippen LogP contribution in [0.3, 0.4) is 0 Å². The molecule has 0 saturated carbocycles. The number of carbonyl (C=O) groups is 1. The fourth-order valence-electron chi connectivity index (χ4n) is 4.08. The van der Waals surface area contributed by atoms with Crippen LogP contribution in [-0.2, 0) is 11.2 Å². The summed E-state index contributed by atoms with van der Waals surface area (Å²) in [6, 6.07) is 7.63. The van der Waals surface area contributed by atoms with E-state index in [2.05, 4.69) is 10.1 Å². The second-order valence-corrected chi connectivity index (χ2v) is 7.94. The number of hydrogen-bond acceptors (Lipinski definition) is 6. The number of aromatic nitrogens is 3. The first-order chi connectivity index (χ1) is 15.0. The molecule has 0 N–H and O–H groups in total. The molecule has 1 saturated heterocycles. The number of aryl methyl sites for hydroxylation is 2. The van der Waals surface area contributed by atoms with Crippen LogP contribution in [0.2, 0.25) is 0 Å². The Morgan fingerprint density at radius 1 is 1.23 bits per heavy atom. The van der Waals surface area contributed by atoms with E-state index in [1.54, 1.807) is 6.20 Å². The average molecular weight is 421 g/mol. The molecule has 1 amide bonds. The van der Waals surface area contributed by atoms with Crippen molar-refractivity contribution in [3.05, 3.63) is 58.8 Å². The summed E-state index contributed by atoms with van der Waals surface area (Å²) in [6.45, 7) is 9.06. The zero-order valence-corrected chi connectivity index (χ0v) is 18.5. The van der Waals surface area contributed by atoms with Gasteiger partial charge in [0.1, 0.15) is 11.6 Å². The molecule has 1 aliphatic heterocycles. The van der Waals surface area contributed by atoms with Gasteiger partial charge in [-0.05, 0) is 58.2 Å². The van der Waals surface area contributed by atoms with E-state index < -0.39 is 0 Å². The van der Waals surface area contributed by atoms with Gasteiger partial charge in [0, 0.05) is 18.3 Å². The van der Waals surface area contributed by atoms with Crippen molar-refractivity contribution in [2.75, 3.05) is 13.2 Å². The topological polar surface area (TPSA) is 81.4 Å². The lowest BCUT2D eigenvalue weighted by Crippen LogP contribution is -2.32.